The molecule has 5 rings (SSSR count). The van der Waals surface area contributed by atoms with Gasteiger partial charge in [-0.05, 0) is 34.4 Å². The molecule has 0 saturated carbocycles. The molecule has 0 radical (unpaired) electrons. The quantitative estimate of drug-likeness (QED) is 0.657. The van der Waals surface area contributed by atoms with Gasteiger partial charge in [-0.3, -0.25) is 9.59 Å². The molecule has 33 heavy (non-hydrogen) atoms. The second-order valence-electron chi connectivity index (χ2n) is 8.71. The maximum absolute atomic E-state index is 13.6. The Morgan fingerprint density at radius 3 is 2.42 bits per heavy atom. The van der Waals surface area contributed by atoms with Crippen LogP contribution >= 0.6 is 0 Å². The second-order valence-corrected chi connectivity index (χ2v) is 8.71. The molecule has 2 aliphatic heterocycles. The first-order valence-electron chi connectivity index (χ1n) is 11.1. The fourth-order valence-corrected chi connectivity index (χ4v) is 5.14. The number of hydrogen-bond donors (Lipinski definition) is 1. The zero-order valence-corrected chi connectivity index (χ0v) is 18.1. The molecular formula is C27H25FN2O3. The van der Waals surface area contributed by atoms with E-state index in [1.54, 1.807) is 15.9 Å². The molecule has 2 heterocycles. The van der Waals surface area contributed by atoms with Crippen molar-refractivity contribution in [3.63, 3.8) is 0 Å². The van der Waals surface area contributed by atoms with Crippen LogP contribution in [0.3, 0.4) is 0 Å². The molecule has 0 aromatic heterocycles. The average molecular weight is 445 g/mol. The molecule has 168 valence electrons. The maximum atomic E-state index is 13.6. The van der Waals surface area contributed by atoms with E-state index in [0.717, 1.165) is 22.3 Å². The highest BCUT2D eigenvalue weighted by Crippen LogP contribution is 2.43. The van der Waals surface area contributed by atoms with Gasteiger partial charge < -0.3 is 14.9 Å². The summed E-state index contributed by atoms with van der Waals surface area (Å²) in [7, 11) is 0. The van der Waals surface area contributed by atoms with Crippen molar-refractivity contribution < 1.29 is 19.1 Å². The van der Waals surface area contributed by atoms with Crippen LogP contribution in [0.4, 0.5) is 4.39 Å². The minimum Gasteiger partial charge on any atom is -0.394 e. The molecule has 3 aromatic rings. The van der Waals surface area contributed by atoms with Crippen LogP contribution in [0.5, 0.6) is 0 Å². The Morgan fingerprint density at radius 1 is 0.970 bits per heavy atom. The van der Waals surface area contributed by atoms with Gasteiger partial charge in [0.2, 0.25) is 11.8 Å². The highest BCUT2D eigenvalue weighted by Gasteiger charge is 2.54. The second kappa shape index (κ2) is 8.79. The van der Waals surface area contributed by atoms with E-state index in [9.17, 15) is 19.1 Å². The van der Waals surface area contributed by atoms with Gasteiger partial charge in [-0.15, -0.1) is 0 Å². The Morgan fingerprint density at radius 2 is 1.73 bits per heavy atom. The van der Waals surface area contributed by atoms with Gasteiger partial charge in [-0.2, -0.15) is 0 Å². The third kappa shape index (κ3) is 4.02. The largest absolute Gasteiger partial charge is 0.394 e. The van der Waals surface area contributed by atoms with Crippen molar-refractivity contribution in [2.24, 2.45) is 0 Å². The molecular weight excluding hydrogens is 419 g/mol. The summed E-state index contributed by atoms with van der Waals surface area (Å²) < 4.78 is 13.6. The summed E-state index contributed by atoms with van der Waals surface area (Å²) in [5.74, 6) is -0.540. The number of nitrogens with zero attached hydrogens (tertiary/aromatic N) is 2. The van der Waals surface area contributed by atoms with E-state index >= 15 is 0 Å². The van der Waals surface area contributed by atoms with E-state index in [0.29, 0.717) is 6.54 Å². The van der Waals surface area contributed by atoms with Crippen molar-refractivity contribution in [1.82, 2.24) is 9.80 Å². The SMILES string of the molecule is O=C(Cc1ccccc1)N1CC(=O)N2[C@H](CO)[C@@H](c3ccc(-c4cccc(F)c4)cc3)[C@H]2C1. The van der Waals surface area contributed by atoms with Crippen molar-refractivity contribution in [2.45, 2.75) is 24.4 Å². The molecule has 0 spiro atoms. The number of carbonyl (C=O) groups excluding carboxylic acids is 2. The van der Waals surface area contributed by atoms with Gasteiger partial charge in [0.15, 0.2) is 0 Å². The number of piperazine rings is 1. The van der Waals surface area contributed by atoms with Crippen LogP contribution in [0.15, 0.2) is 78.9 Å². The number of benzene rings is 3. The molecule has 2 amide bonds. The predicted molar refractivity (Wildman–Crippen MR) is 123 cm³/mol. The molecule has 3 aromatic carbocycles. The zero-order chi connectivity index (χ0) is 22.9. The first kappa shape index (κ1) is 21.3. The molecule has 1 N–H and O–H groups in total. The van der Waals surface area contributed by atoms with Gasteiger partial charge in [-0.1, -0.05) is 66.7 Å². The van der Waals surface area contributed by atoms with E-state index in [2.05, 4.69) is 0 Å². The summed E-state index contributed by atoms with van der Waals surface area (Å²) in [4.78, 5) is 29.1. The minimum atomic E-state index is -0.297. The predicted octanol–water partition coefficient (Wildman–Crippen LogP) is 3.23. The molecule has 5 nitrogen and oxygen atoms in total. The van der Waals surface area contributed by atoms with E-state index in [1.165, 1.54) is 12.1 Å². The third-order valence-corrected chi connectivity index (χ3v) is 6.76. The van der Waals surface area contributed by atoms with E-state index in [-0.39, 0.29) is 55.2 Å². The first-order valence-corrected chi connectivity index (χ1v) is 11.1. The van der Waals surface area contributed by atoms with Crippen LogP contribution in [-0.4, -0.2) is 58.5 Å². The first-order chi connectivity index (χ1) is 16.0. The lowest BCUT2D eigenvalue weighted by atomic mass is 9.73. The van der Waals surface area contributed by atoms with Crippen LogP contribution in [0.1, 0.15) is 17.0 Å². The number of aliphatic hydroxyl groups is 1. The van der Waals surface area contributed by atoms with Crippen LogP contribution in [0.25, 0.3) is 11.1 Å². The van der Waals surface area contributed by atoms with Crippen molar-refractivity contribution >= 4 is 11.8 Å². The normalized spacial score (nSPS) is 22.0. The molecule has 0 aliphatic carbocycles. The highest BCUT2D eigenvalue weighted by atomic mass is 19.1. The highest BCUT2D eigenvalue weighted by molar-refractivity contribution is 5.88. The average Bonchev–Trinajstić information content (AvgIpc) is 2.81. The standard InChI is InChI=1S/C27H25FN2O3/c28-22-8-4-7-21(14-22)19-9-11-20(12-10-19)27-23-15-29(16-26(33)30(23)24(27)17-31)25(32)13-18-5-2-1-3-6-18/h1-12,14,23-24,27,31H,13,15-17H2/t23-,24-,27+/m1/s1. The Labute approximate surface area is 192 Å². The fourth-order valence-electron chi connectivity index (χ4n) is 5.14. The van der Waals surface area contributed by atoms with Crippen molar-refractivity contribution in [3.8, 4) is 11.1 Å². The van der Waals surface area contributed by atoms with Gasteiger partial charge in [0.25, 0.3) is 0 Å². The van der Waals surface area contributed by atoms with Crippen LogP contribution in [0.2, 0.25) is 0 Å². The topological polar surface area (TPSA) is 60.9 Å². The van der Waals surface area contributed by atoms with Crippen LogP contribution in [0, 0.1) is 5.82 Å². The Bertz CT molecular complexity index is 1170. The number of aliphatic hydroxyl groups excluding tert-OH is 1. The number of rotatable bonds is 5. The van der Waals surface area contributed by atoms with Crippen molar-refractivity contribution in [2.75, 3.05) is 19.7 Å². The zero-order valence-electron chi connectivity index (χ0n) is 18.1. The summed E-state index contributed by atoms with van der Waals surface area (Å²) in [5, 5.41) is 9.99. The number of amides is 2. The minimum absolute atomic E-state index is 0.0455. The summed E-state index contributed by atoms with van der Waals surface area (Å²) in [6.45, 7) is 0.366. The van der Waals surface area contributed by atoms with Gasteiger partial charge in [0.05, 0.1) is 31.7 Å². The van der Waals surface area contributed by atoms with Gasteiger partial charge in [0, 0.05) is 12.5 Å². The Kier molecular flexibility index (Phi) is 5.68. The molecule has 2 aliphatic rings. The molecule has 6 heteroatoms. The van der Waals surface area contributed by atoms with Crippen molar-refractivity contribution in [1.29, 1.82) is 0 Å². The summed E-state index contributed by atoms with van der Waals surface area (Å²) >= 11 is 0. The van der Waals surface area contributed by atoms with Crippen molar-refractivity contribution in [3.05, 3.63) is 95.8 Å². The Hall–Kier alpha value is -3.51. The molecule has 3 atom stereocenters. The van der Waals surface area contributed by atoms with Gasteiger partial charge in [-0.25, -0.2) is 4.39 Å². The molecule has 2 fully saturated rings. The lowest BCUT2D eigenvalue weighted by Gasteiger charge is -2.58. The van der Waals surface area contributed by atoms with E-state index in [4.69, 9.17) is 0 Å². The number of fused-ring (bicyclic) bond motifs is 1. The Balaban J connectivity index is 1.35. The monoisotopic (exact) mass is 444 g/mol. The summed E-state index contributed by atoms with van der Waals surface area (Å²) in [5.41, 5.74) is 3.61. The fraction of sp³-hybridized carbons (Fsp3) is 0.259. The number of halogens is 1. The van der Waals surface area contributed by atoms with Gasteiger partial charge in [0.1, 0.15) is 5.82 Å². The number of carbonyl (C=O) groups is 2. The third-order valence-electron chi connectivity index (χ3n) is 6.76. The van der Waals surface area contributed by atoms with Crippen LogP contribution in [-0.2, 0) is 16.0 Å². The maximum Gasteiger partial charge on any atom is 0.242 e. The van der Waals surface area contributed by atoms with Gasteiger partial charge >= 0.3 is 0 Å². The molecule has 2 saturated heterocycles. The van der Waals surface area contributed by atoms with Crippen LogP contribution < -0.4 is 0 Å². The lowest BCUT2D eigenvalue weighted by molar-refractivity contribution is -0.166. The van der Waals surface area contributed by atoms with E-state index in [1.807, 2.05) is 60.7 Å². The smallest absolute Gasteiger partial charge is 0.242 e. The molecule has 0 unspecified atom stereocenters. The van der Waals surface area contributed by atoms with E-state index < -0.39 is 0 Å². The molecule has 0 bridgehead atoms. The summed E-state index contributed by atoms with van der Waals surface area (Å²) in [6.07, 6.45) is 0.261. The summed E-state index contributed by atoms with van der Waals surface area (Å²) in [6, 6.07) is 23.3. The lowest BCUT2D eigenvalue weighted by Crippen LogP contribution is -2.73. The number of hydrogen-bond acceptors (Lipinski definition) is 3.